The molecule has 0 spiro atoms. The molecule has 0 aliphatic rings. The van der Waals surface area contributed by atoms with Gasteiger partial charge in [0.15, 0.2) is 11.5 Å². The molecule has 3 heterocycles. The van der Waals surface area contributed by atoms with Crippen LogP contribution in [0.25, 0.3) is 17.1 Å². The summed E-state index contributed by atoms with van der Waals surface area (Å²) in [6.45, 7) is 1.87. The van der Waals surface area contributed by atoms with Gasteiger partial charge in [0.1, 0.15) is 11.8 Å². The molecule has 3 aromatic rings. The van der Waals surface area contributed by atoms with Crippen molar-refractivity contribution < 1.29 is 9.53 Å². The van der Waals surface area contributed by atoms with Gasteiger partial charge in [-0.05, 0) is 31.2 Å². The van der Waals surface area contributed by atoms with Crippen molar-refractivity contribution in [2.24, 2.45) is 0 Å². The molecule has 0 amide bonds. The molecule has 118 valence electrons. The van der Waals surface area contributed by atoms with Crippen molar-refractivity contribution in [3.8, 4) is 23.1 Å². The van der Waals surface area contributed by atoms with E-state index in [1.165, 1.54) is 17.9 Å². The van der Waals surface area contributed by atoms with E-state index in [1.54, 1.807) is 30.6 Å². The van der Waals surface area contributed by atoms with Gasteiger partial charge in [-0.1, -0.05) is 0 Å². The summed E-state index contributed by atoms with van der Waals surface area (Å²) in [4.78, 5) is 24.8. The lowest BCUT2D eigenvalue weighted by molar-refractivity contribution is 0.0591. The molecule has 0 saturated heterocycles. The molecule has 0 bridgehead atoms. The topological polar surface area (TPSA) is 93.7 Å². The van der Waals surface area contributed by atoms with Crippen LogP contribution in [0, 0.1) is 18.3 Å². The minimum absolute atomic E-state index is 0.113. The summed E-state index contributed by atoms with van der Waals surface area (Å²) in [7, 11) is 1.30. The molecule has 0 atom stereocenters. The van der Waals surface area contributed by atoms with Gasteiger partial charge in [-0.3, -0.25) is 9.55 Å². The second kappa shape index (κ2) is 6.30. The highest BCUT2D eigenvalue weighted by Crippen LogP contribution is 2.22. The van der Waals surface area contributed by atoms with Gasteiger partial charge in [0.05, 0.1) is 19.0 Å². The Labute approximate surface area is 138 Å². The number of nitrogens with zero attached hydrogens (tertiary/aromatic N) is 5. The number of nitriles is 1. The van der Waals surface area contributed by atoms with Crippen molar-refractivity contribution in [1.82, 2.24) is 19.5 Å². The fourth-order valence-electron chi connectivity index (χ4n) is 2.35. The number of carbonyl (C=O) groups excluding carboxylic acids is 1. The molecule has 0 aliphatic heterocycles. The van der Waals surface area contributed by atoms with E-state index in [4.69, 9.17) is 4.74 Å². The molecular formula is C17H13N5O2. The summed E-state index contributed by atoms with van der Waals surface area (Å²) in [6.07, 6.45) is 4.85. The van der Waals surface area contributed by atoms with Crippen LogP contribution in [0.2, 0.25) is 0 Å². The third kappa shape index (κ3) is 2.61. The zero-order valence-electron chi connectivity index (χ0n) is 13.1. The first-order valence-corrected chi connectivity index (χ1v) is 7.11. The fraction of sp³-hybridized carbons (Fsp3) is 0.118. The van der Waals surface area contributed by atoms with E-state index in [9.17, 15) is 10.1 Å². The molecule has 3 rings (SSSR count). The lowest BCUT2D eigenvalue weighted by Gasteiger charge is -2.10. The maximum atomic E-state index is 11.9. The van der Waals surface area contributed by atoms with Crippen molar-refractivity contribution in [3.63, 3.8) is 0 Å². The third-order valence-electron chi connectivity index (χ3n) is 3.51. The number of hydrogen-bond acceptors (Lipinski definition) is 6. The van der Waals surface area contributed by atoms with E-state index in [-0.39, 0.29) is 17.2 Å². The fourth-order valence-corrected chi connectivity index (χ4v) is 2.35. The summed E-state index contributed by atoms with van der Waals surface area (Å²) in [6, 6.07) is 8.95. The molecule has 0 fully saturated rings. The summed E-state index contributed by atoms with van der Waals surface area (Å²) < 4.78 is 6.26. The van der Waals surface area contributed by atoms with Crippen LogP contribution < -0.4 is 0 Å². The molecular weight excluding hydrogens is 306 g/mol. The quantitative estimate of drug-likeness (QED) is 0.688. The van der Waals surface area contributed by atoms with Gasteiger partial charge < -0.3 is 4.74 Å². The zero-order valence-corrected chi connectivity index (χ0v) is 13.1. The van der Waals surface area contributed by atoms with Gasteiger partial charge in [-0.25, -0.2) is 14.8 Å². The average Bonchev–Trinajstić information content (AvgIpc) is 3.10. The van der Waals surface area contributed by atoms with Crippen LogP contribution in [0.3, 0.4) is 0 Å². The lowest BCUT2D eigenvalue weighted by Crippen LogP contribution is -2.12. The van der Waals surface area contributed by atoms with Crippen molar-refractivity contribution in [2.75, 3.05) is 7.11 Å². The Morgan fingerprint density at radius 1 is 1.29 bits per heavy atom. The van der Waals surface area contributed by atoms with E-state index in [0.29, 0.717) is 5.69 Å². The highest BCUT2D eigenvalue weighted by Gasteiger charge is 2.18. The number of aryl methyl sites for hydroxylation is 1. The van der Waals surface area contributed by atoms with E-state index in [0.717, 1.165) is 11.3 Å². The maximum absolute atomic E-state index is 11.9. The molecule has 0 unspecified atom stereocenters. The van der Waals surface area contributed by atoms with Gasteiger partial charge in [0.2, 0.25) is 0 Å². The normalized spacial score (nSPS) is 10.2. The molecule has 24 heavy (non-hydrogen) atoms. The monoisotopic (exact) mass is 319 g/mol. The predicted octanol–water partition coefficient (Wildman–Crippen LogP) is 2.30. The largest absolute Gasteiger partial charge is 0.464 e. The first-order valence-electron chi connectivity index (χ1n) is 7.11. The minimum atomic E-state index is -0.520. The van der Waals surface area contributed by atoms with E-state index in [1.807, 2.05) is 19.1 Å². The average molecular weight is 319 g/mol. The van der Waals surface area contributed by atoms with Crippen molar-refractivity contribution >= 4 is 5.97 Å². The molecule has 0 aliphatic carbocycles. The van der Waals surface area contributed by atoms with Crippen LogP contribution in [0.5, 0.6) is 0 Å². The number of rotatable bonds is 3. The standard InChI is InChI=1S/C17H13N5O2/c1-11-12(5-3-7-19-11)14-10-20-13(9-18)16(21-14)22-8-4-6-15(22)17(23)24-2/h3-8,10H,1-2H3. The first-order chi connectivity index (χ1) is 11.7. The smallest absolute Gasteiger partial charge is 0.355 e. The molecule has 7 heteroatoms. The number of pyridine rings is 1. The second-order valence-electron chi connectivity index (χ2n) is 4.93. The number of ether oxygens (including phenoxy) is 1. The molecule has 0 N–H and O–H groups in total. The number of carbonyl (C=O) groups is 1. The first kappa shape index (κ1) is 15.4. The summed E-state index contributed by atoms with van der Waals surface area (Å²) in [5, 5.41) is 9.33. The summed E-state index contributed by atoms with van der Waals surface area (Å²) >= 11 is 0. The van der Waals surface area contributed by atoms with Crippen molar-refractivity contribution in [3.05, 3.63) is 59.9 Å². The van der Waals surface area contributed by atoms with Gasteiger partial charge in [0, 0.05) is 23.7 Å². The highest BCUT2D eigenvalue weighted by molar-refractivity contribution is 5.88. The van der Waals surface area contributed by atoms with Crippen LogP contribution in [0.4, 0.5) is 0 Å². The SMILES string of the molecule is COC(=O)c1cccn1-c1nc(-c2cccnc2C)cnc1C#N. The third-order valence-corrected chi connectivity index (χ3v) is 3.51. The second-order valence-corrected chi connectivity index (χ2v) is 4.93. The van der Waals surface area contributed by atoms with Gasteiger partial charge in [-0.2, -0.15) is 5.26 Å². The molecule has 0 saturated carbocycles. The number of esters is 1. The van der Waals surface area contributed by atoms with E-state index >= 15 is 0 Å². The number of methoxy groups -OCH3 is 1. The Morgan fingerprint density at radius 3 is 2.83 bits per heavy atom. The number of aromatic nitrogens is 4. The lowest BCUT2D eigenvalue weighted by atomic mass is 10.1. The van der Waals surface area contributed by atoms with Crippen molar-refractivity contribution in [1.29, 1.82) is 5.26 Å². The van der Waals surface area contributed by atoms with Crippen LogP contribution in [-0.4, -0.2) is 32.6 Å². The van der Waals surface area contributed by atoms with Crippen LogP contribution in [0.1, 0.15) is 21.9 Å². The molecule has 0 aromatic carbocycles. The van der Waals surface area contributed by atoms with Gasteiger partial charge >= 0.3 is 5.97 Å². The van der Waals surface area contributed by atoms with E-state index in [2.05, 4.69) is 15.0 Å². The van der Waals surface area contributed by atoms with Crippen LogP contribution in [-0.2, 0) is 4.74 Å². The highest BCUT2D eigenvalue weighted by atomic mass is 16.5. The van der Waals surface area contributed by atoms with Crippen LogP contribution >= 0.6 is 0 Å². The Bertz CT molecular complexity index is 956. The summed E-state index contributed by atoms with van der Waals surface area (Å²) in [5.41, 5.74) is 2.55. The number of hydrogen-bond donors (Lipinski definition) is 0. The predicted molar refractivity (Wildman–Crippen MR) is 85.4 cm³/mol. The zero-order chi connectivity index (χ0) is 17.1. The summed E-state index contributed by atoms with van der Waals surface area (Å²) in [5.74, 6) is -0.252. The van der Waals surface area contributed by atoms with Crippen LogP contribution in [0.15, 0.2) is 42.9 Å². The van der Waals surface area contributed by atoms with Gasteiger partial charge in [0.25, 0.3) is 0 Å². The van der Waals surface area contributed by atoms with E-state index < -0.39 is 5.97 Å². The molecule has 3 aromatic heterocycles. The molecule has 7 nitrogen and oxygen atoms in total. The maximum Gasteiger partial charge on any atom is 0.355 e. The Balaban J connectivity index is 2.20. The Morgan fingerprint density at radius 2 is 2.12 bits per heavy atom. The van der Waals surface area contributed by atoms with Gasteiger partial charge in [-0.15, -0.1) is 0 Å². The minimum Gasteiger partial charge on any atom is -0.464 e. The van der Waals surface area contributed by atoms with Crippen molar-refractivity contribution in [2.45, 2.75) is 6.92 Å². The Hall–Kier alpha value is -3.53. The Kier molecular flexibility index (Phi) is 4.03. The molecule has 0 radical (unpaired) electrons.